The maximum atomic E-state index is 12.8. The van der Waals surface area contributed by atoms with E-state index in [1.807, 2.05) is 12.2 Å². The molecule has 0 aliphatic carbocycles. The van der Waals surface area contributed by atoms with Gasteiger partial charge in [-0.25, -0.2) is 4.39 Å². The van der Waals surface area contributed by atoms with E-state index in [4.69, 9.17) is 0 Å². The maximum absolute atomic E-state index is 12.8. The fourth-order valence-electron chi connectivity index (χ4n) is 2.11. The van der Waals surface area contributed by atoms with E-state index >= 15 is 0 Å². The zero-order chi connectivity index (χ0) is 12.8. The van der Waals surface area contributed by atoms with Crippen LogP contribution < -0.4 is 5.32 Å². The van der Waals surface area contributed by atoms with Crippen molar-refractivity contribution in [1.82, 2.24) is 10.2 Å². The number of aliphatic hydroxyl groups excluding tert-OH is 1. The molecule has 0 saturated carbocycles. The van der Waals surface area contributed by atoms with Crippen molar-refractivity contribution in [2.45, 2.75) is 6.04 Å². The topological polar surface area (TPSA) is 35.5 Å². The zero-order valence-electron chi connectivity index (χ0n) is 10.3. The van der Waals surface area contributed by atoms with Gasteiger partial charge in [-0.3, -0.25) is 4.90 Å². The van der Waals surface area contributed by atoms with E-state index in [0.29, 0.717) is 0 Å². The summed E-state index contributed by atoms with van der Waals surface area (Å²) in [6.45, 7) is 3.91. The quantitative estimate of drug-likeness (QED) is 0.840. The van der Waals surface area contributed by atoms with Crippen LogP contribution in [0.1, 0.15) is 5.56 Å². The van der Waals surface area contributed by atoms with Gasteiger partial charge >= 0.3 is 0 Å². The van der Waals surface area contributed by atoms with Gasteiger partial charge in [-0.05, 0) is 17.7 Å². The third-order valence-corrected chi connectivity index (χ3v) is 3.19. The lowest BCUT2D eigenvalue weighted by atomic mass is 10.1. The van der Waals surface area contributed by atoms with Crippen molar-refractivity contribution < 1.29 is 9.50 Å². The van der Waals surface area contributed by atoms with Gasteiger partial charge in [-0.1, -0.05) is 24.3 Å². The molecular formula is C14H19FN2O. The minimum Gasteiger partial charge on any atom is -0.394 e. The normalized spacial score (nSPS) is 19.2. The Morgan fingerprint density at radius 3 is 2.56 bits per heavy atom. The molecule has 1 saturated heterocycles. The molecule has 1 fully saturated rings. The van der Waals surface area contributed by atoms with Gasteiger partial charge in [0.25, 0.3) is 0 Å². The number of nitrogens with one attached hydrogen (secondary N) is 1. The summed E-state index contributed by atoms with van der Waals surface area (Å²) in [7, 11) is 0. The van der Waals surface area contributed by atoms with Crippen molar-refractivity contribution >= 4 is 6.08 Å². The Bertz CT molecular complexity index is 385. The van der Waals surface area contributed by atoms with Gasteiger partial charge in [-0.15, -0.1) is 0 Å². The van der Waals surface area contributed by atoms with E-state index < -0.39 is 0 Å². The molecule has 0 amide bonds. The Labute approximate surface area is 107 Å². The molecule has 1 aromatic rings. The summed E-state index contributed by atoms with van der Waals surface area (Å²) in [5.41, 5.74) is 0.949. The number of rotatable bonds is 4. The summed E-state index contributed by atoms with van der Waals surface area (Å²) in [5, 5.41) is 12.7. The molecule has 18 heavy (non-hydrogen) atoms. The van der Waals surface area contributed by atoms with E-state index in [1.54, 1.807) is 12.1 Å². The summed E-state index contributed by atoms with van der Waals surface area (Å²) in [6.07, 6.45) is 3.92. The van der Waals surface area contributed by atoms with Crippen LogP contribution in [-0.4, -0.2) is 48.8 Å². The second kappa shape index (κ2) is 6.64. The van der Waals surface area contributed by atoms with Crippen molar-refractivity contribution in [3.63, 3.8) is 0 Å². The van der Waals surface area contributed by atoms with E-state index in [1.165, 1.54) is 12.1 Å². The predicted molar refractivity (Wildman–Crippen MR) is 70.8 cm³/mol. The third kappa shape index (κ3) is 3.63. The van der Waals surface area contributed by atoms with Crippen LogP contribution >= 0.6 is 0 Å². The van der Waals surface area contributed by atoms with Crippen LogP contribution in [0.25, 0.3) is 6.08 Å². The van der Waals surface area contributed by atoms with Crippen molar-refractivity contribution in [2.24, 2.45) is 0 Å². The van der Waals surface area contributed by atoms with Crippen LogP contribution in [0.4, 0.5) is 4.39 Å². The maximum Gasteiger partial charge on any atom is 0.123 e. The average Bonchev–Trinajstić information content (AvgIpc) is 2.43. The molecule has 1 heterocycles. The molecule has 1 atom stereocenters. The van der Waals surface area contributed by atoms with Crippen LogP contribution in [0.3, 0.4) is 0 Å². The van der Waals surface area contributed by atoms with E-state index in [2.05, 4.69) is 10.2 Å². The molecule has 4 heteroatoms. The molecule has 0 radical (unpaired) electrons. The summed E-state index contributed by atoms with van der Waals surface area (Å²) in [4.78, 5) is 2.25. The molecule has 1 aromatic carbocycles. The first-order valence-corrected chi connectivity index (χ1v) is 6.29. The van der Waals surface area contributed by atoms with Crippen molar-refractivity contribution in [3.8, 4) is 0 Å². The Hall–Kier alpha value is -1.23. The highest BCUT2D eigenvalue weighted by atomic mass is 19.1. The highest BCUT2D eigenvalue weighted by Crippen LogP contribution is 2.08. The lowest BCUT2D eigenvalue weighted by Gasteiger charge is -2.32. The molecule has 98 valence electrons. The first kappa shape index (κ1) is 13.2. The number of aliphatic hydroxyl groups is 1. The lowest BCUT2D eigenvalue weighted by molar-refractivity contribution is 0.138. The zero-order valence-corrected chi connectivity index (χ0v) is 10.3. The second-order valence-electron chi connectivity index (χ2n) is 4.45. The SMILES string of the molecule is OCC(/C=C/c1ccc(F)cc1)N1CCNCC1. The molecule has 3 nitrogen and oxygen atoms in total. The molecule has 1 unspecified atom stereocenters. The Kier molecular flexibility index (Phi) is 4.87. The highest BCUT2D eigenvalue weighted by molar-refractivity contribution is 5.49. The standard InChI is InChI=1S/C14H19FN2O/c15-13-4-1-12(2-5-13)3-6-14(11-18)17-9-7-16-8-10-17/h1-6,14,16,18H,7-11H2/b6-3+. The molecule has 0 aromatic heterocycles. The molecule has 1 aliphatic rings. The van der Waals surface area contributed by atoms with Crippen LogP contribution in [0.5, 0.6) is 0 Å². The number of halogens is 1. The van der Waals surface area contributed by atoms with E-state index in [9.17, 15) is 9.50 Å². The minimum absolute atomic E-state index is 0.0390. The van der Waals surface area contributed by atoms with Crippen LogP contribution in [0, 0.1) is 5.82 Å². The monoisotopic (exact) mass is 250 g/mol. The molecule has 0 bridgehead atoms. The first-order chi connectivity index (χ1) is 8.79. The molecule has 1 aliphatic heterocycles. The van der Waals surface area contributed by atoms with Gasteiger partial charge in [0.2, 0.25) is 0 Å². The fourth-order valence-corrected chi connectivity index (χ4v) is 2.11. The largest absolute Gasteiger partial charge is 0.394 e. The summed E-state index contributed by atoms with van der Waals surface area (Å²) in [6, 6.07) is 6.39. The van der Waals surface area contributed by atoms with Gasteiger partial charge in [0.1, 0.15) is 5.82 Å². The molecule has 0 spiro atoms. The molecular weight excluding hydrogens is 231 g/mol. The molecule has 2 rings (SSSR count). The van der Waals surface area contributed by atoms with Crippen LogP contribution in [0.2, 0.25) is 0 Å². The Morgan fingerprint density at radius 2 is 1.94 bits per heavy atom. The van der Waals surface area contributed by atoms with Crippen molar-refractivity contribution in [1.29, 1.82) is 0 Å². The summed E-state index contributed by atoms with van der Waals surface area (Å²) < 4.78 is 12.8. The number of hydrogen-bond acceptors (Lipinski definition) is 3. The van der Waals surface area contributed by atoms with Gasteiger partial charge in [0.15, 0.2) is 0 Å². The molecule has 2 N–H and O–H groups in total. The first-order valence-electron chi connectivity index (χ1n) is 6.29. The van der Waals surface area contributed by atoms with Crippen molar-refractivity contribution in [3.05, 3.63) is 41.7 Å². The highest BCUT2D eigenvalue weighted by Gasteiger charge is 2.16. The van der Waals surface area contributed by atoms with Crippen LogP contribution in [0.15, 0.2) is 30.3 Å². The van der Waals surface area contributed by atoms with Crippen LogP contribution in [-0.2, 0) is 0 Å². The summed E-state index contributed by atoms with van der Waals surface area (Å²) in [5.74, 6) is -0.229. The van der Waals surface area contributed by atoms with Gasteiger partial charge in [0.05, 0.1) is 12.6 Å². The van der Waals surface area contributed by atoms with Crippen molar-refractivity contribution in [2.75, 3.05) is 32.8 Å². The lowest BCUT2D eigenvalue weighted by Crippen LogP contribution is -2.48. The number of hydrogen-bond donors (Lipinski definition) is 2. The predicted octanol–water partition coefficient (Wildman–Crippen LogP) is 1.10. The third-order valence-electron chi connectivity index (χ3n) is 3.19. The number of piperazine rings is 1. The summed E-state index contributed by atoms with van der Waals surface area (Å²) >= 11 is 0. The van der Waals surface area contributed by atoms with E-state index in [0.717, 1.165) is 31.7 Å². The van der Waals surface area contributed by atoms with Gasteiger partial charge < -0.3 is 10.4 Å². The minimum atomic E-state index is -0.229. The Morgan fingerprint density at radius 1 is 1.28 bits per heavy atom. The average molecular weight is 250 g/mol. The number of benzene rings is 1. The Balaban J connectivity index is 1.98. The van der Waals surface area contributed by atoms with Gasteiger partial charge in [0, 0.05) is 26.2 Å². The second-order valence-corrected chi connectivity index (χ2v) is 4.45. The number of nitrogens with zero attached hydrogens (tertiary/aromatic N) is 1. The van der Waals surface area contributed by atoms with E-state index in [-0.39, 0.29) is 18.5 Å². The van der Waals surface area contributed by atoms with Gasteiger partial charge in [-0.2, -0.15) is 0 Å². The smallest absolute Gasteiger partial charge is 0.123 e. The fraction of sp³-hybridized carbons (Fsp3) is 0.429.